The van der Waals surface area contributed by atoms with E-state index in [9.17, 15) is 0 Å². The summed E-state index contributed by atoms with van der Waals surface area (Å²) in [5.41, 5.74) is 0.346. The smallest absolute Gasteiger partial charge is 0.158 e. The molecule has 0 saturated carbocycles. The van der Waals surface area contributed by atoms with Crippen LogP contribution in [0.15, 0.2) is 12.4 Å². The van der Waals surface area contributed by atoms with Crippen molar-refractivity contribution in [3.05, 3.63) is 18.1 Å². The van der Waals surface area contributed by atoms with Gasteiger partial charge in [0.25, 0.3) is 0 Å². The van der Waals surface area contributed by atoms with Gasteiger partial charge in [0.05, 0.1) is 12.4 Å². The fraction of sp³-hybridized carbons (Fsp3) is 0.500. The first-order chi connectivity index (χ1) is 6.76. The molecule has 1 unspecified atom stereocenters. The number of anilines is 1. The van der Waals surface area contributed by atoms with E-state index in [0.717, 1.165) is 18.8 Å². The molecule has 4 heteroatoms. The lowest BCUT2D eigenvalue weighted by Crippen LogP contribution is -2.11. The van der Waals surface area contributed by atoms with E-state index in [1.807, 2.05) is 6.07 Å². The topological polar surface area (TPSA) is 61.6 Å². The van der Waals surface area contributed by atoms with Gasteiger partial charge in [0, 0.05) is 6.54 Å². The number of hydrogen-bond acceptors (Lipinski definition) is 4. The lowest BCUT2D eigenvalue weighted by molar-refractivity contribution is 0.592. The van der Waals surface area contributed by atoms with E-state index in [2.05, 4.69) is 29.1 Å². The Morgan fingerprint density at radius 1 is 1.50 bits per heavy atom. The Morgan fingerprint density at radius 3 is 2.79 bits per heavy atom. The summed E-state index contributed by atoms with van der Waals surface area (Å²) < 4.78 is 0. The van der Waals surface area contributed by atoms with Crippen molar-refractivity contribution in [1.82, 2.24) is 9.97 Å². The Kier molecular flexibility index (Phi) is 3.86. The first kappa shape index (κ1) is 10.5. The van der Waals surface area contributed by atoms with Crippen LogP contribution < -0.4 is 5.32 Å². The van der Waals surface area contributed by atoms with Gasteiger partial charge in [-0.05, 0) is 5.92 Å². The molecule has 0 aliphatic heterocycles. The van der Waals surface area contributed by atoms with Crippen molar-refractivity contribution < 1.29 is 0 Å². The molecule has 0 aromatic carbocycles. The summed E-state index contributed by atoms with van der Waals surface area (Å²) in [5.74, 6) is 1.34. The first-order valence-corrected chi connectivity index (χ1v) is 4.72. The highest BCUT2D eigenvalue weighted by molar-refractivity contribution is 5.32. The second kappa shape index (κ2) is 5.18. The van der Waals surface area contributed by atoms with Crippen molar-refractivity contribution >= 4 is 5.82 Å². The number of hydrogen-bond donors (Lipinski definition) is 1. The minimum atomic E-state index is 0.346. The van der Waals surface area contributed by atoms with Crippen LogP contribution in [0.2, 0.25) is 0 Å². The summed E-state index contributed by atoms with van der Waals surface area (Å²) in [7, 11) is 0. The van der Waals surface area contributed by atoms with Crippen LogP contribution in [0.5, 0.6) is 0 Å². The molecule has 0 spiro atoms. The van der Waals surface area contributed by atoms with Gasteiger partial charge in [0.1, 0.15) is 11.9 Å². The van der Waals surface area contributed by atoms with Gasteiger partial charge < -0.3 is 5.32 Å². The van der Waals surface area contributed by atoms with Gasteiger partial charge in [0.2, 0.25) is 0 Å². The molecule has 1 aromatic heterocycles. The van der Waals surface area contributed by atoms with Crippen LogP contribution in [0, 0.1) is 17.2 Å². The number of nitrogens with zero attached hydrogens (tertiary/aromatic N) is 3. The maximum absolute atomic E-state index is 8.51. The fourth-order valence-electron chi connectivity index (χ4n) is 0.900. The molecule has 4 nitrogen and oxygen atoms in total. The molecule has 0 bridgehead atoms. The third kappa shape index (κ3) is 3.02. The number of aromatic nitrogens is 2. The van der Waals surface area contributed by atoms with Crippen LogP contribution in [0.25, 0.3) is 0 Å². The lowest BCUT2D eigenvalue weighted by Gasteiger charge is -2.09. The summed E-state index contributed by atoms with van der Waals surface area (Å²) in [6.07, 6.45) is 4.19. The normalized spacial score (nSPS) is 11.8. The Labute approximate surface area is 84.0 Å². The number of nitriles is 1. The zero-order chi connectivity index (χ0) is 10.4. The molecular formula is C10H14N4. The van der Waals surface area contributed by atoms with Gasteiger partial charge in [-0.2, -0.15) is 5.26 Å². The Bertz CT molecular complexity index is 312. The molecule has 1 N–H and O–H groups in total. The minimum Gasteiger partial charge on any atom is -0.369 e. The third-order valence-electron chi connectivity index (χ3n) is 2.09. The van der Waals surface area contributed by atoms with Gasteiger partial charge in [-0.3, -0.25) is 0 Å². The average Bonchev–Trinajstić information content (AvgIpc) is 2.26. The summed E-state index contributed by atoms with van der Waals surface area (Å²) in [4.78, 5) is 7.97. The van der Waals surface area contributed by atoms with Crippen molar-refractivity contribution in [2.24, 2.45) is 5.92 Å². The van der Waals surface area contributed by atoms with Crippen LogP contribution in [-0.2, 0) is 0 Å². The zero-order valence-corrected chi connectivity index (χ0v) is 8.49. The second-order valence-electron chi connectivity index (χ2n) is 3.29. The SMILES string of the molecule is CCC(C)CNc1cnc(C#N)cn1. The monoisotopic (exact) mass is 190 g/mol. The van der Waals surface area contributed by atoms with Crippen LogP contribution in [0.3, 0.4) is 0 Å². The van der Waals surface area contributed by atoms with Gasteiger partial charge >= 0.3 is 0 Å². The molecule has 1 heterocycles. The molecule has 74 valence electrons. The zero-order valence-electron chi connectivity index (χ0n) is 8.49. The molecule has 1 atom stereocenters. The van der Waals surface area contributed by atoms with E-state index < -0.39 is 0 Å². The van der Waals surface area contributed by atoms with Gasteiger partial charge in [0.15, 0.2) is 5.69 Å². The quantitative estimate of drug-likeness (QED) is 0.786. The molecule has 0 radical (unpaired) electrons. The third-order valence-corrected chi connectivity index (χ3v) is 2.09. The Balaban J connectivity index is 2.49. The highest BCUT2D eigenvalue weighted by Crippen LogP contribution is 2.04. The van der Waals surface area contributed by atoms with Crippen molar-refractivity contribution in [2.75, 3.05) is 11.9 Å². The highest BCUT2D eigenvalue weighted by Gasteiger charge is 1.99. The van der Waals surface area contributed by atoms with Crippen molar-refractivity contribution in [1.29, 1.82) is 5.26 Å². The maximum Gasteiger partial charge on any atom is 0.158 e. The standard InChI is InChI=1S/C10H14N4/c1-3-8(2)5-13-10-7-12-9(4-11)6-14-10/h6-8H,3,5H2,1-2H3,(H,13,14). The van der Waals surface area contributed by atoms with Gasteiger partial charge in [-0.1, -0.05) is 20.3 Å². The van der Waals surface area contributed by atoms with Crippen LogP contribution in [0.1, 0.15) is 26.0 Å². The predicted molar refractivity (Wildman–Crippen MR) is 54.7 cm³/mol. The maximum atomic E-state index is 8.51. The molecule has 14 heavy (non-hydrogen) atoms. The first-order valence-electron chi connectivity index (χ1n) is 4.72. The summed E-state index contributed by atoms with van der Waals surface area (Å²) in [6.45, 7) is 5.21. The number of rotatable bonds is 4. The Hall–Kier alpha value is -1.63. The van der Waals surface area contributed by atoms with E-state index >= 15 is 0 Å². The summed E-state index contributed by atoms with van der Waals surface area (Å²) >= 11 is 0. The minimum absolute atomic E-state index is 0.346. The van der Waals surface area contributed by atoms with Crippen LogP contribution in [0.4, 0.5) is 5.82 Å². The molecule has 0 saturated heterocycles. The predicted octanol–water partition coefficient (Wildman–Crippen LogP) is 1.81. The van der Waals surface area contributed by atoms with E-state index in [0.29, 0.717) is 11.6 Å². The largest absolute Gasteiger partial charge is 0.369 e. The lowest BCUT2D eigenvalue weighted by atomic mass is 10.1. The van der Waals surface area contributed by atoms with E-state index in [4.69, 9.17) is 5.26 Å². The van der Waals surface area contributed by atoms with E-state index in [1.165, 1.54) is 6.20 Å². The van der Waals surface area contributed by atoms with Gasteiger partial charge in [-0.25, -0.2) is 9.97 Å². The molecule has 1 rings (SSSR count). The van der Waals surface area contributed by atoms with Crippen LogP contribution in [-0.4, -0.2) is 16.5 Å². The summed E-state index contributed by atoms with van der Waals surface area (Å²) in [5, 5.41) is 11.7. The van der Waals surface area contributed by atoms with E-state index in [1.54, 1.807) is 6.20 Å². The Morgan fingerprint density at radius 2 is 2.29 bits per heavy atom. The van der Waals surface area contributed by atoms with Crippen molar-refractivity contribution in [3.8, 4) is 6.07 Å². The van der Waals surface area contributed by atoms with Crippen molar-refractivity contribution in [3.63, 3.8) is 0 Å². The van der Waals surface area contributed by atoms with E-state index in [-0.39, 0.29) is 0 Å². The molecule has 0 aliphatic carbocycles. The summed E-state index contributed by atoms with van der Waals surface area (Å²) in [6, 6.07) is 1.93. The van der Waals surface area contributed by atoms with Crippen LogP contribution >= 0.6 is 0 Å². The van der Waals surface area contributed by atoms with Gasteiger partial charge in [-0.15, -0.1) is 0 Å². The average molecular weight is 190 g/mol. The molecule has 0 amide bonds. The fourth-order valence-corrected chi connectivity index (χ4v) is 0.900. The molecule has 0 aliphatic rings. The number of nitrogens with one attached hydrogen (secondary N) is 1. The second-order valence-corrected chi connectivity index (χ2v) is 3.29. The van der Waals surface area contributed by atoms with Crippen molar-refractivity contribution in [2.45, 2.75) is 20.3 Å². The molecule has 0 fully saturated rings. The molecule has 1 aromatic rings. The molecular weight excluding hydrogens is 176 g/mol. The highest BCUT2D eigenvalue weighted by atomic mass is 15.0.